The summed E-state index contributed by atoms with van der Waals surface area (Å²) in [6, 6.07) is -0.860. The number of halogens is 4. The molecule has 5 nitrogen and oxygen atoms in total. The molecule has 1 N–H and O–H groups in total. The molecule has 1 unspecified atom stereocenters. The number of nitrogens with one attached hydrogen (secondary N) is 1. The van der Waals surface area contributed by atoms with Gasteiger partial charge in [-0.1, -0.05) is 11.6 Å². The minimum atomic E-state index is -4.64. The van der Waals surface area contributed by atoms with Crippen LogP contribution in [0.25, 0.3) is 0 Å². The number of rotatable bonds is 8. The van der Waals surface area contributed by atoms with E-state index in [0.717, 1.165) is 17.5 Å². The Bertz CT molecular complexity index is 585. The number of alkyl halides is 3. The van der Waals surface area contributed by atoms with Crippen LogP contribution in [0.3, 0.4) is 0 Å². The SMILES string of the molecule is CCOCCCNC(=O)C(C)n1nc(C(F)(F)F)c(Cl)c1C1CC1. The fraction of sp³-hybridized carbons (Fsp3) is 0.733. The molecule has 0 saturated heterocycles. The molecule has 1 aromatic rings. The lowest BCUT2D eigenvalue weighted by Crippen LogP contribution is -2.33. The fourth-order valence-corrected chi connectivity index (χ4v) is 2.80. The molecule has 1 amide bonds. The van der Waals surface area contributed by atoms with Gasteiger partial charge in [0, 0.05) is 25.7 Å². The van der Waals surface area contributed by atoms with Crippen LogP contribution in [0.15, 0.2) is 0 Å². The van der Waals surface area contributed by atoms with Crippen molar-refractivity contribution in [3.63, 3.8) is 0 Å². The number of hydrogen-bond acceptors (Lipinski definition) is 3. The standard InChI is InChI=1S/C15H21ClF3N3O2/c1-3-24-8-4-7-20-14(23)9(2)22-12(10-5-6-10)11(16)13(21-22)15(17,18)19/h9-10H,3-8H2,1-2H3,(H,20,23). The molecule has 0 bridgehead atoms. The Balaban J connectivity index is 2.10. The lowest BCUT2D eigenvalue weighted by atomic mass is 10.2. The quantitative estimate of drug-likeness (QED) is 0.715. The summed E-state index contributed by atoms with van der Waals surface area (Å²) >= 11 is 5.91. The van der Waals surface area contributed by atoms with Crippen LogP contribution < -0.4 is 5.32 Å². The zero-order chi connectivity index (χ0) is 17.9. The monoisotopic (exact) mass is 367 g/mol. The van der Waals surface area contributed by atoms with Gasteiger partial charge in [0.2, 0.25) is 5.91 Å². The van der Waals surface area contributed by atoms with Crippen LogP contribution in [0.1, 0.15) is 56.5 Å². The Morgan fingerprint density at radius 3 is 2.71 bits per heavy atom. The van der Waals surface area contributed by atoms with Crippen LogP contribution in [0, 0.1) is 0 Å². The third-order valence-electron chi connectivity index (χ3n) is 3.84. The molecule has 2 rings (SSSR count). The molecule has 24 heavy (non-hydrogen) atoms. The number of carbonyl (C=O) groups is 1. The van der Waals surface area contributed by atoms with Crippen molar-refractivity contribution < 1.29 is 22.7 Å². The second-order valence-corrected chi connectivity index (χ2v) is 6.16. The van der Waals surface area contributed by atoms with Gasteiger partial charge < -0.3 is 10.1 Å². The van der Waals surface area contributed by atoms with Gasteiger partial charge >= 0.3 is 6.18 Å². The summed E-state index contributed by atoms with van der Waals surface area (Å²) in [4.78, 5) is 12.2. The van der Waals surface area contributed by atoms with Gasteiger partial charge in [-0.2, -0.15) is 18.3 Å². The molecule has 0 aromatic carbocycles. The maximum absolute atomic E-state index is 13.0. The predicted molar refractivity (Wildman–Crippen MR) is 83.0 cm³/mol. The van der Waals surface area contributed by atoms with Gasteiger partial charge in [0.25, 0.3) is 0 Å². The van der Waals surface area contributed by atoms with Gasteiger partial charge in [-0.05, 0) is 33.1 Å². The number of nitrogens with zero attached hydrogens (tertiary/aromatic N) is 2. The minimum absolute atomic E-state index is 0.0608. The van der Waals surface area contributed by atoms with E-state index in [2.05, 4.69) is 10.4 Å². The average Bonchev–Trinajstić information content (AvgIpc) is 3.27. The maximum Gasteiger partial charge on any atom is 0.436 e. The Labute approximate surface area is 143 Å². The molecule has 1 aliphatic rings. The molecule has 1 heterocycles. The molecular formula is C15H21ClF3N3O2. The van der Waals surface area contributed by atoms with Crippen LogP contribution in [-0.2, 0) is 15.7 Å². The van der Waals surface area contributed by atoms with E-state index in [-0.39, 0.29) is 16.8 Å². The first-order valence-corrected chi connectivity index (χ1v) is 8.35. The maximum atomic E-state index is 13.0. The number of amides is 1. The summed E-state index contributed by atoms with van der Waals surface area (Å²) in [5, 5.41) is 5.90. The van der Waals surface area contributed by atoms with E-state index in [1.54, 1.807) is 0 Å². The van der Waals surface area contributed by atoms with Gasteiger partial charge in [0.1, 0.15) is 6.04 Å². The van der Waals surface area contributed by atoms with Crippen LogP contribution in [-0.4, -0.2) is 35.4 Å². The highest BCUT2D eigenvalue weighted by molar-refractivity contribution is 6.32. The van der Waals surface area contributed by atoms with Crippen molar-refractivity contribution in [2.75, 3.05) is 19.8 Å². The Morgan fingerprint density at radius 2 is 2.17 bits per heavy atom. The second-order valence-electron chi connectivity index (χ2n) is 5.78. The van der Waals surface area contributed by atoms with Gasteiger partial charge in [-0.25, -0.2) is 0 Å². The topological polar surface area (TPSA) is 56.1 Å². The molecule has 1 saturated carbocycles. The van der Waals surface area contributed by atoms with E-state index < -0.39 is 17.9 Å². The molecule has 0 aliphatic heterocycles. The van der Waals surface area contributed by atoms with Crippen molar-refractivity contribution in [1.82, 2.24) is 15.1 Å². The van der Waals surface area contributed by atoms with Crippen LogP contribution in [0.2, 0.25) is 5.02 Å². The number of carbonyl (C=O) groups excluding carboxylic acids is 1. The van der Waals surface area contributed by atoms with Crippen LogP contribution in [0.4, 0.5) is 13.2 Å². The van der Waals surface area contributed by atoms with E-state index in [1.807, 2.05) is 6.92 Å². The summed E-state index contributed by atoms with van der Waals surface area (Å²) in [6.45, 7) is 4.90. The fourth-order valence-electron chi connectivity index (χ4n) is 2.42. The average molecular weight is 368 g/mol. The lowest BCUT2D eigenvalue weighted by Gasteiger charge is -2.15. The summed E-state index contributed by atoms with van der Waals surface area (Å²) in [6.07, 6.45) is -2.49. The van der Waals surface area contributed by atoms with Gasteiger partial charge in [-0.15, -0.1) is 0 Å². The minimum Gasteiger partial charge on any atom is -0.382 e. The van der Waals surface area contributed by atoms with E-state index in [4.69, 9.17) is 16.3 Å². The highest BCUT2D eigenvalue weighted by Crippen LogP contribution is 2.47. The van der Waals surface area contributed by atoms with Gasteiger partial charge in [0.05, 0.1) is 10.7 Å². The first-order valence-electron chi connectivity index (χ1n) is 7.97. The third-order valence-corrected chi connectivity index (χ3v) is 4.21. The molecule has 9 heteroatoms. The van der Waals surface area contributed by atoms with Crippen molar-refractivity contribution in [3.05, 3.63) is 16.4 Å². The van der Waals surface area contributed by atoms with Gasteiger partial charge in [-0.3, -0.25) is 9.48 Å². The van der Waals surface area contributed by atoms with E-state index >= 15 is 0 Å². The van der Waals surface area contributed by atoms with E-state index in [9.17, 15) is 18.0 Å². The molecule has 0 radical (unpaired) electrons. The Kier molecular flexibility index (Phi) is 6.14. The first-order chi connectivity index (χ1) is 11.3. The Hall–Kier alpha value is -1.28. The van der Waals surface area contributed by atoms with Crippen LogP contribution in [0.5, 0.6) is 0 Å². The highest BCUT2D eigenvalue weighted by Gasteiger charge is 2.43. The van der Waals surface area contributed by atoms with Gasteiger partial charge in [0.15, 0.2) is 5.69 Å². The summed E-state index contributed by atoms with van der Waals surface area (Å²) in [5.41, 5.74) is -0.817. The van der Waals surface area contributed by atoms with E-state index in [0.29, 0.717) is 31.9 Å². The molecule has 1 fully saturated rings. The lowest BCUT2D eigenvalue weighted by molar-refractivity contribution is -0.141. The van der Waals surface area contributed by atoms with Crippen LogP contribution >= 0.6 is 11.6 Å². The summed E-state index contributed by atoms with van der Waals surface area (Å²) in [5.74, 6) is -0.449. The molecule has 1 atom stereocenters. The number of ether oxygens (including phenoxy) is 1. The zero-order valence-electron chi connectivity index (χ0n) is 13.6. The normalized spacial score (nSPS) is 16.2. The largest absolute Gasteiger partial charge is 0.436 e. The second kappa shape index (κ2) is 7.74. The van der Waals surface area contributed by atoms with E-state index in [1.165, 1.54) is 6.92 Å². The molecule has 1 aliphatic carbocycles. The van der Waals surface area contributed by atoms with Crippen molar-refractivity contribution in [3.8, 4) is 0 Å². The van der Waals surface area contributed by atoms with Crippen molar-refractivity contribution >= 4 is 17.5 Å². The van der Waals surface area contributed by atoms with Crippen molar-refractivity contribution in [2.45, 2.75) is 51.2 Å². The smallest absolute Gasteiger partial charge is 0.382 e. The highest BCUT2D eigenvalue weighted by atomic mass is 35.5. The zero-order valence-corrected chi connectivity index (χ0v) is 14.4. The van der Waals surface area contributed by atoms with Crippen molar-refractivity contribution in [2.24, 2.45) is 0 Å². The first kappa shape index (κ1) is 19.1. The summed E-state index contributed by atoms with van der Waals surface area (Å²) in [7, 11) is 0. The molecular weight excluding hydrogens is 347 g/mol. The molecule has 1 aromatic heterocycles. The number of hydrogen-bond donors (Lipinski definition) is 1. The Morgan fingerprint density at radius 1 is 1.50 bits per heavy atom. The summed E-state index contributed by atoms with van der Waals surface area (Å²) < 4.78 is 45.4. The third kappa shape index (κ3) is 4.42. The van der Waals surface area contributed by atoms with Crippen molar-refractivity contribution in [1.29, 1.82) is 0 Å². The number of aromatic nitrogens is 2. The predicted octanol–water partition coefficient (Wildman–Crippen LogP) is 3.54. The molecule has 136 valence electrons. The molecule has 0 spiro atoms.